The molecule has 2 aromatic carbocycles. The molecule has 0 fully saturated rings. The van der Waals surface area contributed by atoms with Gasteiger partial charge in [0.15, 0.2) is 6.61 Å². The van der Waals surface area contributed by atoms with Crippen molar-refractivity contribution in [1.29, 1.82) is 0 Å². The lowest BCUT2D eigenvalue weighted by Crippen LogP contribution is -2.24. The molecule has 0 bridgehead atoms. The monoisotopic (exact) mass is 362 g/mol. The summed E-state index contributed by atoms with van der Waals surface area (Å²) in [4.78, 5) is 21.7. The first-order chi connectivity index (χ1) is 11.9. The van der Waals surface area contributed by atoms with Gasteiger partial charge >= 0.3 is 0 Å². The van der Waals surface area contributed by atoms with Gasteiger partial charge in [-0.25, -0.2) is 5.43 Å². The molecular weight excluding hydrogens is 350 g/mol. The number of nitrogens with zero attached hydrogens (tertiary/aromatic N) is 2. The minimum absolute atomic E-state index is 0.0104. The van der Waals surface area contributed by atoms with Crippen LogP contribution in [0.4, 0.5) is 5.69 Å². The molecule has 0 saturated carbocycles. The summed E-state index contributed by atoms with van der Waals surface area (Å²) in [6, 6.07) is 8.20. The van der Waals surface area contributed by atoms with Crippen LogP contribution in [0.2, 0.25) is 5.02 Å². The first-order valence-corrected chi connectivity index (χ1v) is 7.41. The van der Waals surface area contributed by atoms with Crippen molar-refractivity contribution in [3.05, 3.63) is 62.7 Å². The smallest absolute Gasteiger partial charge is 0.277 e. The average Bonchev–Trinajstić information content (AvgIpc) is 2.57. The van der Waals surface area contributed by atoms with Crippen LogP contribution in [0.3, 0.4) is 0 Å². The summed E-state index contributed by atoms with van der Waals surface area (Å²) in [5, 5.41) is 26.4. The first kappa shape index (κ1) is 18.2. The third kappa shape index (κ3) is 5.18. The zero-order valence-corrected chi connectivity index (χ0v) is 13.8. The SMILES string of the molecule is Cc1cc(OCC(=O)N/N=C\c2cc([N+](=O)[O-])ccc2[O-])ccc1Cl. The van der Waals surface area contributed by atoms with Crippen molar-refractivity contribution in [2.24, 2.45) is 5.10 Å². The fourth-order valence-electron chi connectivity index (χ4n) is 1.81. The molecule has 2 rings (SSSR count). The number of hydrazone groups is 1. The number of hydrogen-bond acceptors (Lipinski definition) is 6. The Balaban J connectivity index is 1.91. The number of nitro groups is 1. The van der Waals surface area contributed by atoms with E-state index in [4.69, 9.17) is 16.3 Å². The maximum Gasteiger partial charge on any atom is 0.277 e. The number of amides is 1. The highest BCUT2D eigenvalue weighted by molar-refractivity contribution is 6.31. The van der Waals surface area contributed by atoms with Crippen molar-refractivity contribution in [2.75, 3.05) is 6.61 Å². The molecule has 0 atom stereocenters. The molecule has 0 aliphatic rings. The van der Waals surface area contributed by atoms with Crippen molar-refractivity contribution in [3.63, 3.8) is 0 Å². The van der Waals surface area contributed by atoms with Crippen LogP contribution in [0.5, 0.6) is 11.5 Å². The van der Waals surface area contributed by atoms with E-state index in [9.17, 15) is 20.0 Å². The van der Waals surface area contributed by atoms with E-state index in [1.54, 1.807) is 25.1 Å². The minimum atomic E-state index is -0.628. The lowest BCUT2D eigenvalue weighted by atomic mass is 10.2. The molecule has 1 amide bonds. The number of nitrogens with one attached hydrogen (secondary N) is 1. The number of benzene rings is 2. The van der Waals surface area contributed by atoms with Crippen LogP contribution in [0.1, 0.15) is 11.1 Å². The number of rotatable bonds is 6. The standard InChI is InChI=1S/C16H14ClN3O5/c1-10-6-13(3-4-14(10)17)25-9-16(22)19-18-8-11-7-12(20(23)24)2-5-15(11)21/h2-8,21H,9H2,1H3,(H,19,22)/p-1/b18-8-. The van der Waals surface area contributed by atoms with Gasteiger partial charge in [-0.3, -0.25) is 14.9 Å². The number of non-ortho nitro benzene ring substituents is 1. The van der Waals surface area contributed by atoms with Crippen LogP contribution in [-0.2, 0) is 4.79 Å². The Kier molecular flexibility index (Phi) is 5.91. The molecule has 9 heteroatoms. The van der Waals surface area contributed by atoms with Gasteiger partial charge in [0.05, 0.1) is 11.1 Å². The second-order valence-corrected chi connectivity index (χ2v) is 5.38. The van der Waals surface area contributed by atoms with Gasteiger partial charge in [0.1, 0.15) is 5.75 Å². The Hall–Kier alpha value is -3.13. The van der Waals surface area contributed by atoms with E-state index in [-0.39, 0.29) is 17.9 Å². The Labute approximate surface area is 147 Å². The summed E-state index contributed by atoms with van der Waals surface area (Å²) in [5.74, 6) is -0.528. The van der Waals surface area contributed by atoms with Crippen LogP contribution >= 0.6 is 11.6 Å². The van der Waals surface area contributed by atoms with Gasteiger partial charge in [0.2, 0.25) is 0 Å². The maximum atomic E-state index is 11.7. The maximum absolute atomic E-state index is 11.7. The van der Waals surface area contributed by atoms with Crippen LogP contribution in [0.25, 0.3) is 0 Å². The number of carbonyl (C=O) groups excluding carboxylic acids is 1. The van der Waals surface area contributed by atoms with Crippen LogP contribution in [0, 0.1) is 17.0 Å². The van der Waals surface area contributed by atoms with Crippen LogP contribution < -0.4 is 15.3 Å². The van der Waals surface area contributed by atoms with E-state index in [2.05, 4.69) is 10.5 Å². The fraction of sp³-hybridized carbons (Fsp3) is 0.125. The third-order valence-corrected chi connectivity index (χ3v) is 3.52. The van der Waals surface area contributed by atoms with Gasteiger partial charge < -0.3 is 9.84 Å². The fourth-order valence-corrected chi connectivity index (χ4v) is 1.93. The number of aryl methyl sites for hydroxylation is 1. The number of ether oxygens (including phenoxy) is 1. The summed E-state index contributed by atoms with van der Waals surface area (Å²) < 4.78 is 5.29. The molecule has 0 unspecified atom stereocenters. The number of halogens is 1. The number of nitro benzene ring substituents is 1. The molecule has 0 radical (unpaired) electrons. The molecule has 8 nitrogen and oxygen atoms in total. The minimum Gasteiger partial charge on any atom is -0.872 e. The molecule has 25 heavy (non-hydrogen) atoms. The largest absolute Gasteiger partial charge is 0.872 e. The second kappa shape index (κ2) is 8.11. The van der Waals surface area contributed by atoms with E-state index in [1.807, 2.05) is 0 Å². The molecule has 130 valence electrons. The predicted octanol–water partition coefficient (Wildman–Crippen LogP) is 2.16. The summed E-state index contributed by atoms with van der Waals surface area (Å²) in [6.45, 7) is 1.51. The molecule has 0 aliphatic heterocycles. The Morgan fingerprint density at radius 1 is 1.36 bits per heavy atom. The second-order valence-electron chi connectivity index (χ2n) is 4.97. The zero-order valence-electron chi connectivity index (χ0n) is 13.1. The highest BCUT2D eigenvalue weighted by Gasteiger charge is 2.06. The van der Waals surface area contributed by atoms with Crippen molar-refractivity contribution in [1.82, 2.24) is 5.43 Å². The van der Waals surface area contributed by atoms with E-state index in [1.165, 1.54) is 0 Å². The van der Waals surface area contributed by atoms with Crippen molar-refractivity contribution >= 4 is 29.4 Å². The van der Waals surface area contributed by atoms with Gasteiger partial charge in [-0.15, -0.1) is 0 Å². The topological polar surface area (TPSA) is 117 Å². The Morgan fingerprint density at radius 2 is 2.12 bits per heavy atom. The van der Waals surface area contributed by atoms with E-state index < -0.39 is 16.6 Å². The summed E-state index contributed by atoms with van der Waals surface area (Å²) >= 11 is 5.89. The van der Waals surface area contributed by atoms with E-state index in [0.29, 0.717) is 10.8 Å². The lowest BCUT2D eigenvalue weighted by molar-refractivity contribution is -0.385. The average molecular weight is 363 g/mol. The number of hydrogen-bond donors (Lipinski definition) is 1. The number of carbonyl (C=O) groups is 1. The third-order valence-electron chi connectivity index (χ3n) is 3.10. The quantitative estimate of drug-likeness (QED) is 0.480. The van der Waals surface area contributed by atoms with Crippen molar-refractivity contribution in [3.8, 4) is 11.5 Å². The van der Waals surface area contributed by atoms with Gasteiger partial charge in [0.25, 0.3) is 11.6 Å². The van der Waals surface area contributed by atoms with Crippen molar-refractivity contribution < 1.29 is 19.6 Å². The molecule has 2 aromatic rings. The van der Waals surface area contributed by atoms with Gasteiger partial charge in [0, 0.05) is 17.2 Å². The van der Waals surface area contributed by atoms with Crippen LogP contribution in [-0.4, -0.2) is 23.7 Å². The highest BCUT2D eigenvalue weighted by Crippen LogP contribution is 2.21. The van der Waals surface area contributed by atoms with Crippen LogP contribution in [0.15, 0.2) is 41.5 Å². The summed E-state index contributed by atoms with van der Waals surface area (Å²) in [5.41, 5.74) is 2.73. The molecule has 0 aromatic heterocycles. The van der Waals surface area contributed by atoms with Crippen molar-refractivity contribution in [2.45, 2.75) is 6.92 Å². The van der Waals surface area contributed by atoms with E-state index >= 15 is 0 Å². The lowest BCUT2D eigenvalue weighted by Gasteiger charge is -2.09. The molecule has 1 N–H and O–H groups in total. The highest BCUT2D eigenvalue weighted by atomic mass is 35.5. The molecule has 0 heterocycles. The molecule has 0 spiro atoms. The Bertz CT molecular complexity index is 839. The molecule has 0 aliphatic carbocycles. The molecule has 0 saturated heterocycles. The van der Waals surface area contributed by atoms with E-state index in [0.717, 1.165) is 30.0 Å². The zero-order chi connectivity index (χ0) is 18.4. The van der Waals surface area contributed by atoms with Gasteiger partial charge in [-0.05, 0) is 36.2 Å². The first-order valence-electron chi connectivity index (χ1n) is 7.03. The van der Waals surface area contributed by atoms with Gasteiger partial charge in [-0.1, -0.05) is 23.4 Å². The normalized spacial score (nSPS) is 10.6. The summed E-state index contributed by atoms with van der Waals surface area (Å²) in [7, 11) is 0. The van der Waals surface area contributed by atoms with Gasteiger partial charge in [-0.2, -0.15) is 5.10 Å². The summed E-state index contributed by atoms with van der Waals surface area (Å²) in [6.07, 6.45) is 1.04. The Morgan fingerprint density at radius 3 is 2.80 bits per heavy atom. The molecular formula is C16H13ClN3O5-. The predicted molar refractivity (Wildman–Crippen MR) is 90.0 cm³/mol.